The molecule has 78 valence electrons. The number of hydrogen-bond acceptors (Lipinski definition) is 2. The molecule has 0 unspecified atom stereocenters. The van der Waals surface area contributed by atoms with Gasteiger partial charge in [-0.15, -0.1) is 0 Å². The van der Waals surface area contributed by atoms with Gasteiger partial charge in [-0.1, -0.05) is 20.4 Å². The summed E-state index contributed by atoms with van der Waals surface area (Å²) in [4.78, 5) is 2.22. The predicted octanol–water partition coefficient (Wildman–Crippen LogP) is 2.09. The predicted molar refractivity (Wildman–Crippen MR) is 59.7 cm³/mol. The molecule has 0 spiro atoms. The molecule has 1 N–H and O–H groups in total. The standard InChI is InChI=1S/C11H24N2/c1-9(2)10(3)12-8-11(4,5)13(6)7/h9,12H,3,8H2,1-2,4-7H3. The normalized spacial score (nSPS) is 12.3. The fourth-order valence-electron chi connectivity index (χ4n) is 0.692. The van der Waals surface area contributed by atoms with Crippen molar-refractivity contribution in [1.29, 1.82) is 0 Å². The second-order valence-electron chi connectivity index (χ2n) is 4.74. The van der Waals surface area contributed by atoms with Crippen molar-refractivity contribution >= 4 is 0 Å². The number of likely N-dealkylation sites (N-methyl/N-ethyl adjacent to an activating group) is 1. The van der Waals surface area contributed by atoms with Crippen molar-refractivity contribution in [2.75, 3.05) is 20.6 Å². The molecule has 0 rings (SSSR count). The summed E-state index contributed by atoms with van der Waals surface area (Å²) >= 11 is 0. The van der Waals surface area contributed by atoms with Crippen molar-refractivity contribution in [2.24, 2.45) is 5.92 Å². The van der Waals surface area contributed by atoms with Gasteiger partial charge >= 0.3 is 0 Å². The molecule has 0 aromatic heterocycles. The summed E-state index contributed by atoms with van der Waals surface area (Å²) < 4.78 is 0. The van der Waals surface area contributed by atoms with E-state index in [4.69, 9.17) is 0 Å². The van der Waals surface area contributed by atoms with Crippen LogP contribution in [0.1, 0.15) is 27.7 Å². The Balaban J connectivity index is 3.95. The van der Waals surface area contributed by atoms with Gasteiger partial charge in [0.15, 0.2) is 0 Å². The summed E-state index contributed by atoms with van der Waals surface area (Å²) in [5, 5.41) is 3.37. The molecule has 0 bridgehead atoms. The van der Waals surface area contributed by atoms with E-state index in [1.807, 2.05) is 0 Å². The Kier molecular flexibility index (Phi) is 4.48. The van der Waals surface area contributed by atoms with Crippen LogP contribution in [0.25, 0.3) is 0 Å². The Hall–Kier alpha value is -0.500. The summed E-state index contributed by atoms with van der Waals surface area (Å²) in [7, 11) is 4.19. The van der Waals surface area contributed by atoms with E-state index >= 15 is 0 Å². The van der Waals surface area contributed by atoms with Gasteiger partial charge in [0.2, 0.25) is 0 Å². The summed E-state index contributed by atoms with van der Waals surface area (Å²) in [6, 6.07) is 0. The largest absolute Gasteiger partial charge is 0.387 e. The van der Waals surface area contributed by atoms with Crippen LogP contribution in [0.2, 0.25) is 0 Å². The first-order chi connectivity index (χ1) is 5.77. The summed E-state index contributed by atoms with van der Waals surface area (Å²) in [6.07, 6.45) is 0. The fourth-order valence-corrected chi connectivity index (χ4v) is 0.692. The Morgan fingerprint density at radius 1 is 1.38 bits per heavy atom. The Morgan fingerprint density at radius 2 is 1.85 bits per heavy atom. The summed E-state index contributed by atoms with van der Waals surface area (Å²) in [6.45, 7) is 13.7. The molecule has 13 heavy (non-hydrogen) atoms. The van der Waals surface area contributed by atoms with Crippen LogP contribution in [0.4, 0.5) is 0 Å². The van der Waals surface area contributed by atoms with E-state index in [-0.39, 0.29) is 5.54 Å². The lowest BCUT2D eigenvalue weighted by Gasteiger charge is -2.33. The molecular formula is C11H24N2. The van der Waals surface area contributed by atoms with Crippen LogP contribution in [0.15, 0.2) is 12.3 Å². The van der Waals surface area contributed by atoms with Crippen LogP contribution in [0, 0.1) is 5.92 Å². The molecule has 0 atom stereocenters. The van der Waals surface area contributed by atoms with Crippen molar-refractivity contribution in [3.05, 3.63) is 12.3 Å². The van der Waals surface area contributed by atoms with E-state index in [0.29, 0.717) is 5.92 Å². The number of hydrogen-bond donors (Lipinski definition) is 1. The van der Waals surface area contributed by atoms with Gasteiger partial charge in [-0.2, -0.15) is 0 Å². The maximum atomic E-state index is 3.99. The highest BCUT2D eigenvalue weighted by atomic mass is 15.2. The topological polar surface area (TPSA) is 15.3 Å². The maximum Gasteiger partial charge on any atom is 0.0323 e. The third-order valence-electron chi connectivity index (χ3n) is 2.66. The van der Waals surface area contributed by atoms with E-state index < -0.39 is 0 Å². The van der Waals surface area contributed by atoms with Gasteiger partial charge in [0, 0.05) is 17.8 Å². The first kappa shape index (κ1) is 12.5. The average Bonchev–Trinajstić information content (AvgIpc) is 1.99. The van der Waals surface area contributed by atoms with E-state index in [9.17, 15) is 0 Å². The van der Waals surface area contributed by atoms with Crippen molar-refractivity contribution < 1.29 is 0 Å². The highest BCUT2D eigenvalue weighted by Gasteiger charge is 2.20. The van der Waals surface area contributed by atoms with Gasteiger partial charge in [-0.25, -0.2) is 0 Å². The molecule has 0 saturated carbocycles. The van der Waals surface area contributed by atoms with Gasteiger partial charge in [0.05, 0.1) is 0 Å². The molecule has 0 aliphatic carbocycles. The highest BCUT2D eigenvalue weighted by Crippen LogP contribution is 2.10. The van der Waals surface area contributed by atoms with E-state index in [2.05, 4.69) is 58.6 Å². The first-order valence-electron chi connectivity index (χ1n) is 4.87. The molecular weight excluding hydrogens is 160 g/mol. The molecule has 0 heterocycles. The quantitative estimate of drug-likeness (QED) is 0.704. The molecule has 0 aliphatic rings. The minimum Gasteiger partial charge on any atom is -0.387 e. The van der Waals surface area contributed by atoms with Crippen LogP contribution in [-0.4, -0.2) is 31.1 Å². The number of nitrogens with zero attached hydrogens (tertiary/aromatic N) is 1. The van der Waals surface area contributed by atoms with E-state index in [0.717, 1.165) is 12.2 Å². The number of rotatable bonds is 5. The van der Waals surface area contributed by atoms with Gasteiger partial charge in [-0.3, -0.25) is 0 Å². The zero-order chi connectivity index (χ0) is 10.6. The monoisotopic (exact) mass is 184 g/mol. The first-order valence-corrected chi connectivity index (χ1v) is 4.87. The molecule has 2 nitrogen and oxygen atoms in total. The van der Waals surface area contributed by atoms with Crippen LogP contribution < -0.4 is 5.32 Å². The van der Waals surface area contributed by atoms with Crippen LogP contribution in [-0.2, 0) is 0 Å². The third kappa shape index (κ3) is 4.32. The van der Waals surface area contributed by atoms with Gasteiger partial charge < -0.3 is 10.2 Å². The van der Waals surface area contributed by atoms with Crippen molar-refractivity contribution in [1.82, 2.24) is 10.2 Å². The zero-order valence-corrected chi connectivity index (χ0v) is 9.94. The molecule has 0 aromatic rings. The van der Waals surface area contributed by atoms with Crippen LogP contribution in [0.3, 0.4) is 0 Å². The second-order valence-corrected chi connectivity index (χ2v) is 4.74. The Morgan fingerprint density at radius 3 is 2.15 bits per heavy atom. The van der Waals surface area contributed by atoms with Crippen molar-refractivity contribution in [2.45, 2.75) is 33.2 Å². The molecule has 0 radical (unpaired) electrons. The van der Waals surface area contributed by atoms with Gasteiger partial charge in [0.25, 0.3) is 0 Å². The highest BCUT2D eigenvalue weighted by molar-refractivity contribution is 4.97. The molecule has 2 heteroatoms. The van der Waals surface area contributed by atoms with Gasteiger partial charge in [-0.05, 0) is 33.9 Å². The summed E-state index contributed by atoms with van der Waals surface area (Å²) in [5.41, 5.74) is 1.30. The van der Waals surface area contributed by atoms with Gasteiger partial charge in [0.1, 0.15) is 0 Å². The SMILES string of the molecule is C=C(NCC(C)(C)N(C)C)C(C)C. The lowest BCUT2D eigenvalue weighted by atomic mass is 10.0. The summed E-state index contributed by atoms with van der Waals surface area (Å²) in [5.74, 6) is 0.512. The minimum absolute atomic E-state index is 0.178. The fraction of sp³-hybridized carbons (Fsp3) is 0.818. The maximum absolute atomic E-state index is 3.99. The van der Waals surface area contributed by atoms with Crippen molar-refractivity contribution in [3.63, 3.8) is 0 Å². The average molecular weight is 184 g/mol. The molecule has 0 amide bonds. The van der Waals surface area contributed by atoms with Crippen LogP contribution >= 0.6 is 0 Å². The van der Waals surface area contributed by atoms with Crippen molar-refractivity contribution in [3.8, 4) is 0 Å². The third-order valence-corrected chi connectivity index (χ3v) is 2.66. The lowest BCUT2D eigenvalue weighted by molar-refractivity contribution is 0.193. The molecule has 0 aromatic carbocycles. The molecule has 0 fully saturated rings. The van der Waals surface area contributed by atoms with Crippen LogP contribution in [0.5, 0.6) is 0 Å². The molecule has 0 aliphatic heterocycles. The Labute approximate surface area is 83.0 Å². The Bertz CT molecular complexity index is 169. The zero-order valence-electron chi connectivity index (χ0n) is 9.94. The number of nitrogens with one attached hydrogen (secondary N) is 1. The van der Waals surface area contributed by atoms with E-state index in [1.165, 1.54) is 0 Å². The lowest BCUT2D eigenvalue weighted by Crippen LogP contribution is -2.46. The minimum atomic E-state index is 0.178. The number of allylic oxidation sites excluding steroid dienone is 1. The molecule has 0 saturated heterocycles. The second kappa shape index (κ2) is 4.66. The smallest absolute Gasteiger partial charge is 0.0323 e. The van der Waals surface area contributed by atoms with E-state index in [1.54, 1.807) is 0 Å².